The van der Waals surface area contributed by atoms with Crippen molar-refractivity contribution < 1.29 is 5.11 Å². The zero-order valence-electron chi connectivity index (χ0n) is 9.58. The molecule has 0 aromatic carbocycles. The summed E-state index contributed by atoms with van der Waals surface area (Å²) in [5.41, 5.74) is 0. The average Bonchev–Trinajstić information content (AvgIpc) is 2.11. The van der Waals surface area contributed by atoms with Crippen LogP contribution in [0.1, 0.15) is 52.9 Å². The first-order chi connectivity index (χ1) is 6.13. The van der Waals surface area contributed by atoms with Crippen molar-refractivity contribution in [2.24, 2.45) is 0 Å². The topological polar surface area (TPSA) is 23.5 Å². The van der Waals surface area contributed by atoms with E-state index in [1.807, 2.05) is 14.0 Å². The maximum atomic E-state index is 9.44. The lowest BCUT2D eigenvalue weighted by Gasteiger charge is -2.30. The predicted molar refractivity (Wildman–Crippen MR) is 57.7 cm³/mol. The highest BCUT2D eigenvalue weighted by Gasteiger charge is 2.16. The number of unbranched alkanes of at least 4 members (excludes halogenated alkanes) is 1. The van der Waals surface area contributed by atoms with E-state index in [4.69, 9.17) is 0 Å². The molecule has 0 bridgehead atoms. The first-order valence-corrected chi connectivity index (χ1v) is 5.53. The third-order valence-electron chi connectivity index (χ3n) is 2.68. The Labute approximate surface area is 82.9 Å². The summed E-state index contributed by atoms with van der Waals surface area (Å²) in [6, 6.07) is 0.560. The standard InChI is InChI=1S/C11H25NO/c1-5-7-9-11(8-6-2)12(4)10(3)13/h10-11,13H,5-9H2,1-4H3. The van der Waals surface area contributed by atoms with Gasteiger partial charge in [-0.05, 0) is 26.8 Å². The van der Waals surface area contributed by atoms with Crippen molar-refractivity contribution in [3.05, 3.63) is 0 Å². The lowest BCUT2D eigenvalue weighted by Crippen LogP contribution is -2.38. The molecule has 0 saturated carbocycles. The third kappa shape index (κ3) is 5.27. The van der Waals surface area contributed by atoms with E-state index in [0.717, 1.165) is 0 Å². The Morgan fingerprint density at radius 1 is 1.15 bits per heavy atom. The number of hydrogen-bond donors (Lipinski definition) is 1. The number of aliphatic hydroxyl groups excluding tert-OH is 1. The van der Waals surface area contributed by atoms with Crippen molar-refractivity contribution in [1.29, 1.82) is 0 Å². The minimum Gasteiger partial charge on any atom is -0.379 e. The van der Waals surface area contributed by atoms with Gasteiger partial charge in [-0.1, -0.05) is 33.1 Å². The highest BCUT2D eigenvalue weighted by molar-refractivity contribution is 4.68. The molecular formula is C11H25NO. The van der Waals surface area contributed by atoms with Crippen LogP contribution in [0.2, 0.25) is 0 Å². The van der Waals surface area contributed by atoms with Crippen molar-refractivity contribution in [2.45, 2.75) is 65.1 Å². The van der Waals surface area contributed by atoms with E-state index in [-0.39, 0.29) is 6.23 Å². The monoisotopic (exact) mass is 187 g/mol. The first kappa shape index (κ1) is 12.9. The number of nitrogens with zero attached hydrogens (tertiary/aromatic N) is 1. The molecule has 1 N–H and O–H groups in total. The maximum Gasteiger partial charge on any atom is 0.104 e. The summed E-state index contributed by atoms with van der Waals surface area (Å²) in [6.07, 6.45) is 5.81. The van der Waals surface area contributed by atoms with Gasteiger partial charge in [-0.25, -0.2) is 0 Å². The third-order valence-corrected chi connectivity index (χ3v) is 2.68. The summed E-state index contributed by atoms with van der Waals surface area (Å²) in [5.74, 6) is 0. The normalized spacial score (nSPS) is 16.2. The minimum absolute atomic E-state index is 0.312. The lowest BCUT2D eigenvalue weighted by atomic mass is 10.0. The molecule has 2 heteroatoms. The highest BCUT2D eigenvalue weighted by atomic mass is 16.3. The van der Waals surface area contributed by atoms with E-state index in [9.17, 15) is 5.11 Å². The van der Waals surface area contributed by atoms with Gasteiger partial charge in [0.2, 0.25) is 0 Å². The van der Waals surface area contributed by atoms with Crippen LogP contribution in [0.25, 0.3) is 0 Å². The molecule has 0 fully saturated rings. The molecule has 0 rings (SSSR count). The van der Waals surface area contributed by atoms with Gasteiger partial charge in [0.15, 0.2) is 0 Å². The van der Waals surface area contributed by atoms with E-state index >= 15 is 0 Å². The molecule has 0 saturated heterocycles. The Balaban J connectivity index is 3.90. The molecule has 0 heterocycles. The van der Waals surface area contributed by atoms with E-state index < -0.39 is 0 Å². The van der Waals surface area contributed by atoms with Gasteiger partial charge in [0, 0.05) is 6.04 Å². The second kappa shape index (κ2) is 7.34. The van der Waals surface area contributed by atoms with Gasteiger partial charge < -0.3 is 5.11 Å². The molecule has 2 nitrogen and oxygen atoms in total. The summed E-state index contributed by atoms with van der Waals surface area (Å²) in [5, 5.41) is 9.44. The number of aliphatic hydroxyl groups is 1. The van der Waals surface area contributed by atoms with Crippen molar-refractivity contribution in [3.8, 4) is 0 Å². The van der Waals surface area contributed by atoms with Gasteiger partial charge in [0.1, 0.15) is 6.23 Å². The Kier molecular flexibility index (Phi) is 7.29. The number of rotatable bonds is 7. The molecule has 0 aromatic rings. The van der Waals surface area contributed by atoms with E-state index in [2.05, 4.69) is 18.7 Å². The van der Waals surface area contributed by atoms with Crippen LogP contribution in [0, 0.1) is 0 Å². The van der Waals surface area contributed by atoms with Gasteiger partial charge in [-0.2, -0.15) is 0 Å². The van der Waals surface area contributed by atoms with Gasteiger partial charge >= 0.3 is 0 Å². The molecule has 0 aliphatic carbocycles. The van der Waals surface area contributed by atoms with Crippen molar-refractivity contribution in [2.75, 3.05) is 7.05 Å². The summed E-state index contributed by atoms with van der Waals surface area (Å²) in [4.78, 5) is 2.08. The van der Waals surface area contributed by atoms with Crippen LogP contribution in [0.4, 0.5) is 0 Å². The van der Waals surface area contributed by atoms with Crippen molar-refractivity contribution in [3.63, 3.8) is 0 Å². The summed E-state index contributed by atoms with van der Waals surface area (Å²) < 4.78 is 0. The fraction of sp³-hybridized carbons (Fsp3) is 1.00. The van der Waals surface area contributed by atoms with Crippen LogP contribution >= 0.6 is 0 Å². The Morgan fingerprint density at radius 2 is 1.77 bits per heavy atom. The molecule has 2 unspecified atom stereocenters. The van der Waals surface area contributed by atoms with E-state index in [1.54, 1.807) is 0 Å². The summed E-state index contributed by atoms with van der Waals surface area (Å²) in [7, 11) is 2.01. The van der Waals surface area contributed by atoms with Crippen LogP contribution in [0.3, 0.4) is 0 Å². The van der Waals surface area contributed by atoms with Gasteiger partial charge in [-0.3, -0.25) is 4.90 Å². The molecule has 0 aliphatic rings. The highest BCUT2D eigenvalue weighted by Crippen LogP contribution is 2.14. The van der Waals surface area contributed by atoms with E-state index in [1.165, 1.54) is 32.1 Å². The predicted octanol–water partition coefficient (Wildman–Crippen LogP) is 2.62. The molecular weight excluding hydrogens is 162 g/mol. The number of hydrogen-bond acceptors (Lipinski definition) is 2. The smallest absolute Gasteiger partial charge is 0.104 e. The SMILES string of the molecule is CCCCC(CCC)N(C)C(C)O. The molecule has 0 radical (unpaired) electrons. The zero-order chi connectivity index (χ0) is 10.3. The van der Waals surface area contributed by atoms with Gasteiger partial charge in [0.25, 0.3) is 0 Å². The molecule has 13 heavy (non-hydrogen) atoms. The largest absolute Gasteiger partial charge is 0.379 e. The van der Waals surface area contributed by atoms with Crippen LogP contribution in [0.15, 0.2) is 0 Å². The first-order valence-electron chi connectivity index (χ1n) is 5.53. The second-order valence-corrected chi connectivity index (χ2v) is 3.88. The van der Waals surface area contributed by atoms with Crippen LogP contribution in [0.5, 0.6) is 0 Å². The van der Waals surface area contributed by atoms with Gasteiger partial charge in [-0.15, -0.1) is 0 Å². The second-order valence-electron chi connectivity index (χ2n) is 3.88. The van der Waals surface area contributed by atoms with E-state index in [0.29, 0.717) is 6.04 Å². The zero-order valence-corrected chi connectivity index (χ0v) is 9.58. The molecule has 0 spiro atoms. The summed E-state index contributed by atoms with van der Waals surface area (Å²) in [6.45, 7) is 6.26. The van der Waals surface area contributed by atoms with Crippen molar-refractivity contribution in [1.82, 2.24) is 4.90 Å². The fourth-order valence-electron chi connectivity index (χ4n) is 1.63. The van der Waals surface area contributed by atoms with Crippen LogP contribution in [-0.2, 0) is 0 Å². The van der Waals surface area contributed by atoms with Crippen LogP contribution in [-0.4, -0.2) is 29.3 Å². The summed E-state index contributed by atoms with van der Waals surface area (Å²) >= 11 is 0. The molecule has 2 atom stereocenters. The minimum atomic E-state index is -0.312. The molecule has 0 aliphatic heterocycles. The molecule has 0 aromatic heterocycles. The van der Waals surface area contributed by atoms with Crippen molar-refractivity contribution >= 4 is 0 Å². The van der Waals surface area contributed by atoms with Gasteiger partial charge in [0.05, 0.1) is 0 Å². The Morgan fingerprint density at radius 3 is 2.15 bits per heavy atom. The lowest BCUT2D eigenvalue weighted by molar-refractivity contribution is 0.00281. The maximum absolute atomic E-state index is 9.44. The molecule has 80 valence electrons. The average molecular weight is 187 g/mol. The molecule has 0 amide bonds. The Bertz CT molecular complexity index is 115. The van der Waals surface area contributed by atoms with Crippen LogP contribution < -0.4 is 0 Å². The Hall–Kier alpha value is -0.0800. The fourth-order valence-corrected chi connectivity index (χ4v) is 1.63. The quantitative estimate of drug-likeness (QED) is 0.619.